The average molecular weight is 437 g/mol. The van der Waals surface area contributed by atoms with Crippen LogP contribution >= 0.6 is 23.2 Å². The maximum absolute atomic E-state index is 12.6. The van der Waals surface area contributed by atoms with Gasteiger partial charge in [0.1, 0.15) is 5.82 Å². The Morgan fingerprint density at radius 1 is 1.14 bits per heavy atom. The fraction of sp³-hybridized carbons (Fsp3) is 0.571. The van der Waals surface area contributed by atoms with Crippen molar-refractivity contribution in [1.82, 2.24) is 19.2 Å². The predicted molar refractivity (Wildman–Crippen MR) is 114 cm³/mol. The van der Waals surface area contributed by atoms with Gasteiger partial charge in [-0.15, -0.1) is 0 Å². The van der Waals surface area contributed by atoms with Gasteiger partial charge in [-0.05, 0) is 57.0 Å². The number of Topliss-reactive ketones (excluding diaryl/α,β-unsaturated/α-hetero) is 1. The van der Waals surface area contributed by atoms with Crippen molar-refractivity contribution in [1.29, 1.82) is 0 Å². The lowest BCUT2D eigenvalue weighted by molar-refractivity contribution is 0.0908. The molecule has 4 rings (SSSR count). The largest absolute Gasteiger partial charge is 0.345 e. The molecule has 2 heterocycles. The number of halogens is 2. The van der Waals surface area contributed by atoms with Crippen LogP contribution in [0.15, 0.2) is 23.0 Å². The van der Waals surface area contributed by atoms with Gasteiger partial charge in [0.25, 0.3) is 0 Å². The van der Waals surface area contributed by atoms with E-state index in [4.69, 9.17) is 23.2 Å². The minimum Gasteiger partial charge on any atom is -0.296 e. The normalized spacial score (nSPS) is 19.1. The summed E-state index contributed by atoms with van der Waals surface area (Å²) in [6, 6.07) is 5.27. The molecule has 1 aromatic carbocycles. The highest BCUT2D eigenvalue weighted by molar-refractivity contribution is 6.36. The maximum Gasteiger partial charge on any atom is 0.345 e. The summed E-state index contributed by atoms with van der Waals surface area (Å²) in [6.07, 6.45) is 6.27. The third-order valence-electron chi connectivity index (χ3n) is 6.22. The van der Waals surface area contributed by atoms with Crippen LogP contribution in [-0.2, 0) is 7.05 Å². The first-order valence-electron chi connectivity index (χ1n) is 10.3. The Morgan fingerprint density at radius 2 is 1.83 bits per heavy atom. The first-order valence-corrected chi connectivity index (χ1v) is 11.1. The first kappa shape index (κ1) is 20.6. The Balaban J connectivity index is 1.42. The summed E-state index contributed by atoms with van der Waals surface area (Å²) >= 11 is 12.1. The molecule has 156 valence electrons. The molecule has 1 aliphatic heterocycles. The maximum atomic E-state index is 12.6. The van der Waals surface area contributed by atoms with E-state index in [1.165, 1.54) is 17.5 Å². The highest BCUT2D eigenvalue weighted by atomic mass is 35.5. The summed E-state index contributed by atoms with van der Waals surface area (Å²) < 4.78 is 3.43. The van der Waals surface area contributed by atoms with Gasteiger partial charge in [0.05, 0.1) is 11.6 Å². The molecule has 0 radical (unpaired) electrons. The second kappa shape index (κ2) is 8.62. The zero-order valence-corrected chi connectivity index (χ0v) is 18.1. The number of carbonyl (C=O) groups is 1. The molecule has 0 atom stereocenters. The molecule has 1 saturated heterocycles. The number of likely N-dealkylation sites (tertiary alicyclic amines) is 1. The number of hydrogen-bond acceptors (Lipinski definition) is 4. The average Bonchev–Trinajstić information content (AvgIpc) is 3.31. The Bertz CT molecular complexity index is 954. The lowest BCUT2D eigenvalue weighted by Gasteiger charge is -2.31. The molecule has 2 aliphatic rings. The number of piperidine rings is 1. The van der Waals surface area contributed by atoms with E-state index < -0.39 is 0 Å². The van der Waals surface area contributed by atoms with E-state index in [1.807, 2.05) is 4.57 Å². The minimum absolute atomic E-state index is 0.00175. The van der Waals surface area contributed by atoms with Crippen LogP contribution in [0.25, 0.3) is 0 Å². The number of rotatable bonds is 5. The van der Waals surface area contributed by atoms with E-state index in [-0.39, 0.29) is 23.4 Å². The molecule has 6 nitrogen and oxygen atoms in total. The predicted octanol–water partition coefficient (Wildman–Crippen LogP) is 4.07. The lowest BCUT2D eigenvalue weighted by Crippen LogP contribution is -2.38. The second-order valence-electron chi connectivity index (χ2n) is 8.17. The van der Waals surface area contributed by atoms with Crippen LogP contribution in [-0.4, -0.2) is 44.7 Å². The molecule has 1 saturated carbocycles. The number of aryl methyl sites for hydroxylation is 1. The van der Waals surface area contributed by atoms with E-state index in [9.17, 15) is 9.59 Å². The molecule has 29 heavy (non-hydrogen) atoms. The lowest BCUT2D eigenvalue weighted by atomic mass is 9.95. The van der Waals surface area contributed by atoms with Gasteiger partial charge < -0.3 is 0 Å². The van der Waals surface area contributed by atoms with Crippen LogP contribution in [0, 0.1) is 0 Å². The fourth-order valence-corrected chi connectivity index (χ4v) is 5.15. The molecular weight excluding hydrogens is 411 g/mol. The van der Waals surface area contributed by atoms with Gasteiger partial charge in [-0.2, -0.15) is 5.10 Å². The smallest absolute Gasteiger partial charge is 0.296 e. The van der Waals surface area contributed by atoms with Gasteiger partial charge in [0, 0.05) is 29.6 Å². The van der Waals surface area contributed by atoms with Crippen molar-refractivity contribution >= 4 is 29.0 Å². The van der Waals surface area contributed by atoms with Crippen molar-refractivity contribution in [2.24, 2.45) is 7.05 Å². The topological polar surface area (TPSA) is 60.1 Å². The first-order chi connectivity index (χ1) is 13.9. The monoisotopic (exact) mass is 436 g/mol. The molecule has 8 heteroatoms. The third kappa shape index (κ3) is 4.30. The summed E-state index contributed by atoms with van der Waals surface area (Å²) in [7, 11) is 1.74. The summed E-state index contributed by atoms with van der Waals surface area (Å²) in [5.41, 5.74) is 0.514. The SMILES string of the molecule is Cn1nc(C2CCN(CC(=O)c3ccc(Cl)cc3Cl)CC2)n(C2CCCC2)c1=O. The highest BCUT2D eigenvalue weighted by Gasteiger charge is 2.30. The van der Waals surface area contributed by atoms with Crippen LogP contribution in [0.2, 0.25) is 10.0 Å². The third-order valence-corrected chi connectivity index (χ3v) is 6.77. The zero-order valence-electron chi connectivity index (χ0n) is 16.6. The Kier molecular flexibility index (Phi) is 6.13. The quantitative estimate of drug-likeness (QED) is 0.662. The number of hydrogen-bond donors (Lipinski definition) is 0. The Hall–Kier alpha value is -1.63. The van der Waals surface area contributed by atoms with E-state index in [1.54, 1.807) is 25.2 Å². The van der Waals surface area contributed by atoms with Crippen LogP contribution in [0.3, 0.4) is 0 Å². The van der Waals surface area contributed by atoms with Crippen molar-refractivity contribution < 1.29 is 4.79 Å². The number of aromatic nitrogens is 3. The summed E-state index contributed by atoms with van der Waals surface area (Å²) in [6.45, 7) is 1.94. The molecule has 2 aromatic rings. The Morgan fingerprint density at radius 3 is 2.48 bits per heavy atom. The van der Waals surface area contributed by atoms with E-state index >= 15 is 0 Å². The van der Waals surface area contributed by atoms with E-state index in [2.05, 4.69) is 10.00 Å². The second-order valence-corrected chi connectivity index (χ2v) is 9.01. The standard InChI is InChI=1S/C21H26Cl2N4O2/c1-25-21(29)27(16-4-2-3-5-16)20(24-25)14-8-10-26(11-9-14)13-19(28)17-7-6-15(22)12-18(17)23/h6-7,12,14,16H,2-5,8-11,13H2,1H3. The van der Waals surface area contributed by atoms with Crippen molar-refractivity contribution in [3.05, 3.63) is 50.1 Å². The number of ketones is 1. The number of carbonyl (C=O) groups excluding carboxylic acids is 1. The van der Waals surface area contributed by atoms with Crippen molar-refractivity contribution in [3.63, 3.8) is 0 Å². The van der Waals surface area contributed by atoms with E-state index in [0.717, 1.165) is 44.6 Å². The van der Waals surface area contributed by atoms with Crippen molar-refractivity contribution in [2.75, 3.05) is 19.6 Å². The minimum atomic E-state index is 0.00175. The molecule has 2 fully saturated rings. The molecule has 0 spiro atoms. The summed E-state index contributed by atoms with van der Waals surface area (Å²) in [5, 5.41) is 5.50. The van der Waals surface area contributed by atoms with Gasteiger partial charge in [0.15, 0.2) is 5.78 Å². The Labute approximate surface area is 180 Å². The molecule has 0 amide bonds. The fourth-order valence-electron chi connectivity index (χ4n) is 4.64. The van der Waals surface area contributed by atoms with Gasteiger partial charge >= 0.3 is 5.69 Å². The van der Waals surface area contributed by atoms with Gasteiger partial charge in [-0.1, -0.05) is 36.0 Å². The number of nitrogens with zero attached hydrogens (tertiary/aromatic N) is 4. The number of benzene rings is 1. The zero-order chi connectivity index (χ0) is 20.5. The molecule has 0 bridgehead atoms. The molecule has 0 N–H and O–H groups in total. The van der Waals surface area contributed by atoms with Gasteiger partial charge in [-0.25, -0.2) is 9.48 Å². The summed E-state index contributed by atoms with van der Waals surface area (Å²) in [4.78, 5) is 27.4. The van der Waals surface area contributed by atoms with Crippen LogP contribution in [0.4, 0.5) is 0 Å². The van der Waals surface area contributed by atoms with Crippen molar-refractivity contribution in [3.8, 4) is 0 Å². The van der Waals surface area contributed by atoms with Crippen molar-refractivity contribution in [2.45, 2.75) is 50.5 Å². The summed E-state index contributed by atoms with van der Waals surface area (Å²) in [5.74, 6) is 1.19. The van der Waals surface area contributed by atoms with Gasteiger partial charge in [0.2, 0.25) is 0 Å². The van der Waals surface area contributed by atoms with Crippen LogP contribution in [0.5, 0.6) is 0 Å². The molecular formula is C21H26Cl2N4O2. The van der Waals surface area contributed by atoms with E-state index in [0.29, 0.717) is 22.2 Å². The van der Waals surface area contributed by atoms with Crippen LogP contribution in [0.1, 0.15) is 66.7 Å². The molecule has 1 aromatic heterocycles. The van der Waals surface area contributed by atoms with Crippen LogP contribution < -0.4 is 5.69 Å². The molecule has 1 aliphatic carbocycles. The molecule has 0 unspecified atom stereocenters. The van der Waals surface area contributed by atoms with Gasteiger partial charge in [-0.3, -0.25) is 14.3 Å². The highest BCUT2D eigenvalue weighted by Crippen LogP contribution is 2.33.